The number of fused-ring (bicyclic) bond motifs is 1. The van der Waals surface area contributed by atoms with Crippen LogP contribution >= 0.6 is 0 Å². The van der Waals surface area contributed by atoms with Gasteiger partial charge in [-0.15, -0.1) is 0 Å². The molecule has 0 saturated heterocycles. The molecular weight excluding hydrogens is 310 g/mol. The van der Waals surface area contributed by atoms with Crippen LogP contribution in [-0.4, -0.2) is 45.8 Å². The lowest BCUT2D eigenvalue weighted by molar-refractivity contribution is -0.183. The van der Waals surface area contributed by atoms with Crippen LogP contribution in [0.4, 0.5) is 11.4 Å². The van der Waals surface area contributed by atoms with Crippen LogP contribution in [0.15, 0.2) is 0 Å². The molecule has 24 heavy (non-hydrogen) atoms. The summed E-state index contributed by atoms with van der Waals surface area (Å²) in [5.41, 5.74) is 7.15. The third-order valence-corrected chi connectivity index (χ3v) is 4.40. The van der Waals surface area contributed by atoms with E-state index in [1.54, 1.807) is 6.92 Å². The van der Waals surface area contributed by atoms with Gasteiger partial charge in [-0.25, -0.2) is 0 Å². The van der Waals surface area contributed by atoms with Crippen LogP contribution in [0.2, 0.25) is 0 Å². The molecule has 7 nitrogen and oxygen atoms in total. The maximum atomic E-state index is 11.7. The number of carbonyl (C=O) groups is 1. The van der Waals surface area contributed by atoms with E-state index >= 15 is 0 Å². The minimum atomic E-state index is -2.16. The van der Waals surface area contributed by atoms with Crippen molar-refractivity contribution in [1.82, 2.24) is 4.90 Å². The topological polar surface area (TPSA) is 119 Å². The molecule has 7 heteroatoms. The Kier molecular flexibility index (Phi) is 5.37. The van der Waals surface area contributed by atoms with E-state index in [2.05, 4.69) is 5.32 Å². The summed E-state index contributed by atoms with van der Waals surface area (Å²) in [6.07, 6.45) is 1.78. The molecule has 134 valence electrons. The number of anilines is 2. The quantitative estimate of drug-likeness (QED) is 0.288. The molecule has 1 aromatic rings. The second kappa shape index (κ2) is 6.96. The molecule has 1 amide bonds. The molecule has 1 aliphatic rings. The Bertz CT molecular complexity index is 637. The first-order valence-corrected chi connectivity index (χ1v) is 8.34. The van der Waals surface area contributed by atoms with Gasteiger partial charge < -0.3 is 26.4 Å². The first-order valence-electron chi connectivity index (χ1n) is 8.34. The second-order valence-electron chi connectivity index (χ2n) is 6.43. The lowest BCUT2D eigenvalue weighted by Gasteiger charge is -2.33. The standard InChI is InChI=1S/C17H27N3O4/c1-4-6-20(7-5-2)9-17(23,24)13-10(3)14(18)16(22)15-11(13)8-12(21)19-15/h22-24H,4-9,18H2,1-3H3,(H,19,21). The number of phenols is 1. The second-order valence-corrected chi connectivity index (χ2v) is 6.43. The number of nitrogens with zero attached hydrogens (tertiary/aromatic N) is 1. The van der Waals surface area contributed by atoms with Gasteiger partial charge in [0.05, 0.1) is 24.3 Å². The molecule has 0 aliphatic carbocycles. The molecule has 1 aromatic carbocycles. The van der Waals surface area contributed by atoms with Gasteiger partial charge in [0.15, 0.2) is 5.75 Å². The summed E-state index contributed by atoms with van der Waals surface area (Å²) in [5.74, 6) is -2.68. The number of hydrogen-bond donors (Lipinski definition) is 5. The van der Waals surface area contributed by atoms with Crippen molar-refractivity contribution in [1.29, 1.82) is 0 Å². The van der Waals surface area contributed by atoms with Crippen LogP contribution in [0.5, 0.6) is 5.75 Å². The van der Waals surface area contributed by atoms with Crippen molar-refractivity contribution < 1.29 is 20.1 Å². The zero-order valence-electron chi connectivity index (χ0n) is 14.5. The number of nitrogens with one attached hydrogen (secondary N) is 1. The van der Waals surface area contributed by atoms with Gasteiger partial charge in [0.1, 0.15) is 0 Å². The van der Waals surface area contributed by atoms with Crippen LogP contribution in [0.1, 0.15) is 43.4 Å². The van der Waals surface area contributed by atoms with E-state index in [0.29, 0.717) is 11.1 Å². The van der Waals surface area contributed by atoms with Crippen LogP contribution in [0, 0.1) is 6.92 Å². The first-order chi connectivity index (χ1) is 11.2. The van der Waals surface area contributed by atoms with E-state index in [-0.39, 0.29) is 41.6 Å². The van der Waals surface area contributed by atoms with Crippen LogP contribution in [0.3, 0.4) is 0 Å². The van der Waals surface area contributed by atoms with Crippen molar-refractivity contribution in [3.05, 3.63) is 16.7 Å². The Morgan fingerprint density at radius 1 is 1.25 bits per heavy atom. The number of benzene rings is 1. The van der Waals surface area contributed by atoms with E-state index in [4.69, 9.17) is 5.73 Å². The predicted molar refractivity (Wildman–Crippen MR) is 92.7 cm³/mol. The highest BCUT2D eigenvalue weighted by molar-refractivity contribution is 6.03. The largest absolute Gasteiger partial charge is 0.504 e. The van der Waals surface area contributed by atoms with Crippen molar-refractivity contribution in [2.75, 3.05) is 30.7 Å². The average Bonchev–Trinajstić information content (AvgIpc) is 2.86. The van der Waals surface area contributed by atoms with E-state index in [1.165, 1.54) is 0 Å². The van der Waals surface area contributed by atoms with Crippen LogP contribution in [0.25, 0.3) is 0 Å². The Balaban J connectivity index is 2.49. The van der Waals surface area contributed by atoms with Crippen molar-refractivity contribution in [3.8, 4) is 5.75 Å². The average molecular weight is 337 g/mol. The SMILES string of the molecule is CCCN(CCC)CC(O)(O)c1c(C)c(N)c(O)c2c1CC(=O)N2. The molecule has 6 N–H and O–H groups in total. The molecule has 0 atom stereocenters. The highest BCUT2D eigenvalue weighted by Gasteiger charge is 2.38. The summed E-state index contributed by atoms with van der Waals surface area (Å²) in [7, 11) is 0. The van der Waals surface area contributed by atoms with Crippen molar-refractivity contribution >= 4 is 17.3 Å². The van der Waals surface area contributed by atoms with Crippen molar-refractivity contribution in [2.24, 2.45) is 0 Å². The number of aromatic hydroxyl groups is 1. The molecule has 2 rings (SSSR count). The summed E-state index contributed by atoms with van der Waals surface area (Å²) in [6.45, 7) is 7.18. The van der Waals surface area contributed by atoms with Gasteiger partial charge in [0.25, 0.3) is 0 Å². The number of rotatable bonds is 7. The Labute approximate surface area is 142 Å². The summed E-state index contributed by atoms with van der Waals surface area (Å²) < 4.78 is 0. The maximum absolute atomic E-state index is 11.7. The van der Waals surface area contributed by atoms with E-state index < -0.39 is 5.79 Å². The van der Waals surface area contributed by atoms with Gasteiger partial charge in [0, 0.05) is 5.56 Å². The van der Waals surface area contributed by atoms with Gasteiger partial charge in [-0.1, -0.05) is 13.8 Å². The lowest BCUT2D eigenvalue weighted by Crippen LogP contribution is -2.42. The molecule has 0 aromatic heterocycles. The Hall–Kier alpha value is -1.83. The van der Waals surface area contributed by atoms with Gasteiger partial charge in [0.2, 0.25) is 11.7 Å². The maximum Gasteiger partial charge on any atom is 0.229 e. The third kappa shape index (κ3) is 3.33. The monoisotopic (exact) mass is 337 g/mol. The van der Waals surface area contributed by atoms with E-state index in [9.17, 15) is 20.1 Å². The van der Waals surface area contributed by atoms with Gasteiger partial charge in [-0.05, 0) is 44.0 Å². The fourth-order valence-corrected chi connectivity index (χ4v) is 3.43. The Morgan fingerprint density at radius 3 is 2.38 bits per heavy atom. The van der Waals surface area contributed by atoms with E-state index in [1.807, 2.05) is 18.7 Å². The van der Waals surface area contributed by atoms with Crippen molar-refractivity contribution in [3.63, 3.8) is 0 Å². The highest BCUT2D eigenvalue weighted by Crippen LogP contribution is 2.45. The minimum Gasteiger partial charge on any atom is -0.504 e. The smallest absolute Gasteiger partial charge is 0.229 e. The van der Waals surface area contributed by atoms with Gasteiger partial charge >= 0.3 is 0 Å². The molecular formula is C17H27N3O4. The fourth-order valence-electron chi connectivity index (χ4n) is 3.43. The number of aliphatic hydroxyl groups is 2. The number of carbonyl (C=O) groups excluding carboxylic acids is 1. The van der Waals surface area contributed by atoms with Crippen LogP contribution < -0.4 is 11.1 Å². The number of nitrogens with two attached hydrogens (primary N) is 1. The first kappa shape index (κ1) is 18.5. The zero-order chi connectivity index (χ0) is 18.1. The summed E-state index contributed by atoms with van der Waals surface area (Å²) in [5, 5.41) is 34.3. The molecule has 0 saturated carbocycles. The normalized spacial score (nSPS) is 14.2. The summed E-state index contributed by atoms with van der Waals surface area (Å²) in [6, 6.07) is 0. The number of phenolic OH excluding ortho intramolecular Hbond substituents is 1. The number of amides is 1. The van der Waals surface area contributed by atoms with Crippen LogP contribution in [-0.2, 0) is 17.0 Å². The minimum absolute atomic E-state index is 0.0101. The zero-order valence-corrected chi connectivity index (χ0v) is 14.5. The molecule has 0 bridgehead atoms. The summed E-state index contributed by atoms with van der Waals surface area (Å²) in [4.78, 5) is 13.7. The highest BCUT2D eigenvalue weighted by atomic mass is 16.5. The number of nitrogen functional groups attached to an aromatic ring is 1. The molecule has 1 heterocycles. The predicted octanol–water partition coefficient (Wildman–Crippen LogP) is 1.04. The molecule has 0 fully saturated rings. The Morgan fingerprint density at radius 2 is 1.83 bits per heavy atom. The van der Waals surface area contributed by atoms with E-state index in [0.717, 1.165) is 25.9 Å². The van der Waals surface area contributed by atoms with Gasteiger partial charge in [-0.3, -0.25) is 9.69 Å². The molecule has 1 aliphatic heterocycles. The van der Waals surface area contributed by atoms with Crippen molar-refractivity contribution in [2.45, 2.75) is 45.8 Å². The third-order valence-electron chi connectivity index (χ3n) is 4.40. The lowest BCUT2D eigenvalue weighted by atomic mass is 9.90. The van der Waals surface area contributed by atoms with Gasteiger partial charge in [-0.2, -0.15) is 0 Å². The molecule has 0 spiro atoms. The fraction of sp³-hybridized carbons (Fsp3) is 0.588. The molecule has 0 radical (unpaired) electrons. The summed E-state index contributed by atoms with van der Waals surface area (Å²) >= 11 is 0. The number of hydrogen-bond acceptors (Lipinski definition) is 6. The molecule has 0 unspecified atom stereocenters.